The van der Waals surface area contributed by atoms with Crippen LogP contribution in [0.2, 0.25) is 0 Å². The zero-order valence-electron chi connectivity index (χ0n) is 11.3. The SMILES string of the molecule is CCNC(=O)Oc1nn2c(NC)nnc2c(C)c1C. The number of hydrogen-bond acceptors (Lipinski definition) is 6. The van der Waals surface area contributed by atoms with Crippen LogP contribution < -0.4 is 15.4 Å². The highest BCUT2D eigenvalue weighted by molar-refractivity contribution is 5.70. The van der Waals surface area contributed by atoms with E-state index in [4.69, 9.17) is 4.74 Å². The summed E-state index contributed by atoms with van der Waals surface area (Å²) in [7, 11) is 1.72. The van der Waals surface area contributed by atoms with E-state index in [1.54, 1.807) is 7.05 Å². The number of anilines is 1. The minimum Gasteiger partial charge on any atom is -0.389 e. The van der Waals surface area contributed by atoms with Gasteiger partial charge in [0.25, 0.3) is 0 Å². The van der Waals surface area contributed by atoms with Crippen molar-refractivity contribution < 1.29 is 9.53 Å². The van der Waals surface area contributed by atoms with Gasteiger partial charge in [-0.15, -0.1) is 15.3 Å². The van der Waals surface area contributed by atoms with Gasteiger partial charge >= 0.3 is 6.09 Å². The van der Waals surface area contributed by atoms with Gasteiger partial charge in [-0.05, 0) is 20.8 Å². The van der Waals surface area contributed by atoms with Crippen molar-refractivity contribution in [2.45, 2.75) is 20.8 Å². The second-order valence-corrected chi connectivity index (χ2v) is 3.98. The Hall–Kier alpha value is -2.38. The van der Waals surface area contributed by atoms with Crippen LogP contribution in [0.1, 0.15) is 18.1 Å². The molecule has 8 nitrogen and oxygen atoms in total. The summed E-state index contributed by atoms with van der Waals surface area (Å²) in [6.45, 7) is 6.01. The van der Waals surface area contributed by atoms with E-state index in [9.17, 15) is 4.79 Å². The highest BCUT2D eigenvalue weighted by Gasteiger charge is 2.16. The summed E-state index contributed by atoms with van der Waals surface area (Å²) >= 11 is 0. The van der Waals surface area contributed by atoms with E-state index >= 15 is 0 Å². The standard InChI is InChI=1S/C11H16N6O2/c1-5-13-11(18)19-9-7(3)6(2)8-14-15-10(12-4)17(8)16-9/h5H2,1-4H3,(H,12,15)(H,13,18). The van der Waals surface area contributed by atoms with Crippen molar-refractivity contribution in [3.05, 3.63) is 11.1 Å². The molecule has 0 aliphatic rings. The molecule has 19 heavy (non-hydrogen) atoms. The maximum atomic E-state index is 11.5. The first-order valence-electron chi connectivity index (χ1n) is 5.94. The number of rotatable bonds is 3. The van der Waals surface area contributed by atoms with Crippen molar-refractivity contribution in [3.63, 3.8) is 0 Å². The first kappa shape index (κ1) is 13.1. The number of nitrogens with one attached hydrogen (secondary N) is 2. The number of hydrogen-bond donors (Lipinski definition) is 2. The van der Waals surface area contributed by atoms with E-state index in [2.05, 4.69) is 25.9 Å². The second-order valence-electron chi connectivity index (χ2n) is 3.98. The molecule has 0 saturated heterocycles. The first-order valence-corrected chi connectivity index (χ1v) is 5.94. The Bertz CT molecular complexity index is 621. The largest absolute Gasteiger partial charge is 0.413 e. The molecule has 2 N–H and O–H groups in total. The van der Waals surface area contributed by atoms with Crippen LogP contribution >= 0.6 is 0 Å². The highest BCUT2D eigenvalue weighted by Crippen LogP contribution is 2.22. The smallest absolute Gasteiger partial charge is 0.389 e. The molecule has 2 heterocycles. The molecule has 0 aliphatic carbocycles. The lowest BCUT2D eigenvalue weighted by atomic mass is 10.2. The average Bonchev–Trinajstić information content (AvgIpc) is 2.79. The van der Waals surface area contributed by atoms with E-state index in [0.717, 1.165) is 11.1 Å². The Kier molecular flexibility index (Phi) is 3.50. The van der Waals surface area contributed by atoms with Crippen molar-refractivity contribution in [1.82, 2.24) is 25.1 Å². The molecule has 8 heteroatoms. The third-order valence-corrected chi connectivity index (χ3v) is 2.78. The molecular weight excluding hydrogens is 248 g/mol. The molecule has 2 aromatic heterocycles. The van der Waals surface area contributed by atoms with Gasteiger partial charge < -0.3 is 15.4 Å². The molecule has 0 atom stereocenters. The fourth-order valence-electron chi connectivity index (χ4n) is 1.62. The van der Waals surface area contributed by atoms with Gasteiger partial charge in [-0.25, -0.2) is 4.79 Å². The second kappa shape index (κ2) is 5.09. The zero-order chi connectivity index (χ0) is 14.0. The number of amides is 1. The summed E-state index contributed by atoms with van der Waals surface area (Å²) in [5, 5.41) is 17.7. The molecule has 102 valence electrons. The third-order valence-electron chi connectivity index (χ3n) is 2.78. The molecular formula is C11H16N6O2. The highest BCUT2D eigenvalue weighted by atomic mass is 16.6. The lowest BCUT2D eigenvalue weighted by Crippen LogP contribution is -2.27. The van der Waals surface area contributed by atoms with Gasteiger partial charge in [0.1, 0.15) is 0 Å². The lowest BCUT2D eigenvalue weighted by Gasteiger charge is -2.09. The molecule has 0 bridgehead atoms. The Morgan fingerprint density at radius 1 is 1.32 bits per heavy atom. The van der Waals surface area contributed by atoms with Crippen LogP contribution in [0.15, 0.2) is 0 Å². The number of carbonyl (C=O) groups excluding carboxylic acids is 1. The molecule has 0 fully saturated rings. The zero-order valence-corrected chi connectivity index (χ0v) is 11.3. The first-order chi connectivity index (χ1) is 9.08. The Labute approximate surface area is 110 Å². The normalized spacial score (nSPS) is 10.5. The molecule has 0 unspecified atom stereocenters. The van der Waals surface area contributed by atoms with Crippen molar-refractivity contribution in [1.29, 1.82) is 0 Å². The Morgan fingerprint density at radius 2 is 2.05 bits per heavy atom. The van der Waals surface area contributed by atoms with Gasteiger partial charge in [0.15, 0.2) is 5.65 Å². The topological polar surface area (TPSA) is 93.4 Å². The minimum atomic E-state index is -0.532. The van der Waals surface area contributed by atoms with Crippen LogP contribution in [0.4, 0.5) is 10.7 Å². The monoisotopic (exact) mass is 264 g/mol. The van der Waals surface area contributed by atoms with Gasteiger partial charge in [-0.3, -0.25) is 0 Å². The molecule has 1 amide bonds. The number of ether oxygens (including phenoxy) is 1. The van der Waals surface area contributed by atoms with Crippen LogP contribution in [0, 0.1) is 13.8 Å². The molecule has 0 spiro atoms. The summed E-state index contributed by atoms with van der Waals surface area (Å²) in [6.07, 6.45) is -0.532. The number of fused-ring (bicyclic) bond motifs is 1. The van der Waals surface area contributed by atoms with Gasteiger partial charge in [0, 0.05) is 24.7 Å². The van der Waals surface area contributed by atoms with Crippen LogP contribution in [-0.2, 0) is 0 Å². The predicted molar refractivity (Wildman–Crippen MR) is 69.5 cm³/mol. The average molecular weight is 264 g/mol. The van der Waals surface area contributed by atoms with Crippen molar-refractivity contribution in [2.24, 2.45) is 0 Å². The molecule has 0 saturated carbocycles. The number of nitrogens with zero attached hydrogens (tertiary/aromatic N) is 4. The number of aryl methyl sites for hydroxylation is 1. The molecule has 0 aliphatic heterocycles. The van der Waals surface area contributed by atoms with Gasteiger partial charge in [0.05, 0.1) is 0 Å². The lowest BCUT2D eigenvalue weighted by molar-refractivity contribution is 0.198. The fourth-order valence-corrected chi connectivity index (χ4v) is 1.62. The minimum absolute atomic E-state index is 0.243. The van der Waals surface area contributed by atoms with Crippen LogP contribution in [0.5, 0.6) is 5.88 Å². The maximum Gasteiger partial charge on any atom is 0.413 e. The quantitative estimate of drug-likeness (QED) is 0.855. The van der Waals surface area contributed by atoms with Crippen LogP contribution in [-0.4, -0.2) is 39.5 Å². The van der Waals surface area contributed by atoms with Crippen LogP contribution in [0.25, 0.3) is 5.65 Å². The predicted octanol–water partition coefficient (Wildman–Crippen LogP) is 0.891. The van der Waals surface area contributed by atoms with E-state index < -0.39 is 6.09 Å². The van der Waals surface area contributed by atoms with Gasteiger partial charge in [-0.1, -0.05) is 0 Å². The molecule has 0 aromatic carbocycles. The molecule has 0 radical (unpaired) electrons. The summed E-state index contributed by atoms with van der Waals surface area (Å²) in [4.78, 5) is 11.5. The van der Waals surface area contributed by atoms with E-state index in [-0.39, 0.29) is 5.88 Å². The summed E-state index contributed by atoms with van der Waals surface area (Å²) in [5.74, 6) is 0.728. The van der Waals surface area contributed by atoms with Gasteiger partial charge in [-0.2, -0.15) is 4.52 Å². The van der Waals surface area contributed by atoms with Crippen molar-refractivity contribution in [3.8, 4) is 5.88 Å². The van der Waals surface area contributed by atoms with Crippen molar-refractivity contribution >= 4 is 17.7 Å². The third kappa shape index (κ3) is 2.28. The number of aromatic nitrogens is 4. The van der Waals surface area contributed by atoms with Crippen molar-refractivity contribution in [2.75, 3.05) is 18.9 Å². The fraction of sp³-hybridized carbons (Fsp3) is 0.455. The molecule has 2 rings (SSSR count). The van der Waals surface area contributed by atoms with E-state index in [1.807, 2.05) is 20.8 Å². The maximum absolute atomic E-state index is 11.5. The van der Waals surface area contributed by atoms with E-state index in [1.165, 1.54) is 4.52 Å². The van der Waals surface area contributed by atoms with E-state index in [0.29, 0.717) is 18.1 Å². The summed E-state index contributed by atoms with van der Waals surface area (Å²) < 4.78 is 6.69. The Morgan fingerprint density at radius 3 is 2.68 bits per heavy atom. The summed E-state index contributed by atoms with van der Waals surface area (Å²) in [6, 6.07) is 0. The van der Waals surface area contributed by atoms with Crippen LogP contribution in [0.3, 0.4) is 0 Å². The number of carbonyl (C=O) groups is 1. The van der Waals surface area contributed by atoms with Gasteiger partial charge in [0.2, 0.25) is 11.8 Å². The summed E-state index contributed by atoms with van der Waals surface area (Å²) in [5.41, 5.74) is 2.25. The molecule has 2 aromatic rings. The Balaban J connectivity index is 2.49.